The van der Waals surface area contributed by atoms with Crippen LogP contribution in [0.2, 0.25) is 0 Å². The molecule has 21 heavy (non-hydrogen) atoms. The summed E-state index contributed by atoms with van der Waals surface area (Å²) >= 11 is 0. The maximum atomic E-state index is 11.8. The second-order valence-corrected chi connectivity index (χ2v) is 4.29. The largest absolute Gasteiger partial charge is 0.368 e. The van der Waals surface area contributed by atoms with Gasteiger partial charge in [0.2, 0.25) is 5.95 Å². The van der Waals surface area contributed by atoms with E-state index in [4.69, 9.17) is 11.6 Å². The first-order chi connectivity index (χ1) is 10.1. The Kier molecular flexibility index (Phi) is 2.88. The summed E-state index contributed by atoms with van der Waals surface area (Å²) in [5.41, 5.74) is 8.45. The molecule has 0 bridgehead atoms. The molecular formula is C12H11N7O2. The summed E-state index contributed by atoms with van der Waals surface area (Å²) in [5.74, 6) is 5.85. The normalized spacial score (nSPS) is 10.7. The second-order valence-electron chi connectivity index (χ2n) is 4.29. The molecule has 9 nitrogen and oxygen atoms in total. The fourth-order valence-electron chi connectivity index (χ4n) is 2.05. The highest BCUT2D eigenvalue weighted by atomic mass is 16.2. The van der Waals surface area contributed by atoms with Gasteiger partial charge >= 0.3 is 5.69 Å². The zero-order chi connectivity index (χ0) is 15.0. The van der Waals surface area contributed by atoms with Crippen LogP contribution in [0.4, 0.5) is 11.8 Å². The zero-order valence-electron chi connectivity index (χ0n) is 10.7. The van der Waals surface area contributed by atoms with Gasteiger partial charge in [0, 0.05) is 11.6 Å². The smallest absolute Gasteiger partial charge is 0.325 e. The van der Waals surface area contributed by atoms with E-state index in [1.54, 1.807) is 18.2 Å². The minimum Gasteiger partial charge on any atom is -0.368 e. The number of anilines is 2. The van der Waals surface area contributed by atoms with Crippen molar-refractivity contribution in [1.82, 2.24) is 19.9 Å². The molecular weight excluding hydrogens is 274 g/mol. The van der Waals surface area contributed by atoms with Crippen LogP contribution in [0.5, 0.6) is 0 Å². The van der Waals surface area contributed by atoms with Gasteiger partial charge in [-0.2, -0.15) is 4.98 Å². The quantitative estimate of drug-likeness (QED) is 0.315. The number of nitrogens with one attached hydrogen (secondary N) is 3. The monoisotopic (exact) mass is 285 g/mol. The molecule has 7 N–H and O–H groups in total. The van der Waals surface area contributed by atoms with Crippen LogP contribution in [0.25, 0.3) is 22.0 Å². The fraction of sp³-hybridized carbons (Fsp3) is 0. The number of hydrazine groups is 1. The predicted molar refractivity (Wildman–Crippen MR) is 78.4 cm³/mol. The van der Waals surface area contributed by atoms with Gasteiger partial charge in [-0.1, -0.05) is 6.07 Å². The van der Waals surface area contributed by atoms with Crippen LogP contribution >= 0.6 is 0 Å². The molecule has 3 rings (SSSR count). The van der Waals surface area contributed by atoms with Crippen molar-refractivity contribution in [3.8, 4) is 11.1 Å². The lowest BCUT2D eigenvalue weighted by Crippen LogP contribution is -2.22. The van der Waals surface area contributed by atoms with Crippen molar-refractivity contribution in [3.63, 3.8) is 0 Å². The van der Waals surface area contributed by atoms with E-state index in [2.05, 4.69) is 25.4 Å². The molecule has 0 amide bonds. The molecule has 106 valence electrons. The van der Waals surface area contributed by atoms with Crippen molar-refractivity contribution in [1.29, 1.82) is 0 Å². The highest BCUT2D eigenvalue weighted by Crippen LogP contribution is 2.25. The molecule has 3 aromatic rings. The number of aromatic amines is 2. The molecule has 0 spiro atoms. The maximum Gasteiger partial charge on any atom is 0.325 e. The average molecular weight is 285 g/mol. The maximum absolute atomic E-state index is 11.8. The van der Waals surface area contributed by atoms with E-state index >= 15 is 0 Å². The molecule has 2 heterocycles. The van der Waals surface area contributed by atoms with Crippen LogP contribution in [0.15, 0.2) is 34.0 Å². The summed E-state index contributed by atoms with van der Waals surface area (Å²) in [6, 6.07) is 5.07. The lowest BCUT2D eigenvalue weighted by Gasteiger charge is -2.07. The van der Waals surface area contributed by atoms with Crippen LogP contribution < -0.4 is 28.3 Å². The van der Waals surface area contributed by atoms with E-state index in [9.17, 15) is 9.59 Å². The van der Waals surface area contributed by atoms with Crippen molar-refractivity contribution >= 4 is 22.7 Å². The summed E-state index contributed by atoms with van der Waals surface area (Å²) in [4.78, 5) is 35.5. The third kappa shape index (κ3) is 2.21. The number of nitrogens with zero attached hydrogens (tertiary/aromatic N) is 2. The Morgan fingerprint density at radius 3 is 2.71 bits per heavy atom. The number of nitrogens with two attached hydrogens (primary N) is 2. The van der Waals surface area contributed by atoms with E-state index < -0.39 is 11.2 Å². The van der Waals surface area contributed by atoms with Crippen molar-refractivity contribution < 1.29 is 0 Å². The minimum atomic E-state index is -0.565. The summed E-state index contributed by atoms with van der Waals surface area (Å²) < 4.78 is 0. The number of hydrogen-bond donors (Lipinski definition) is 5. The highest BCUT2D eigenvalue weighted by Gasteiger charge is 2.09. The van der Waals surface area contributed by atoms with Gasteiger partial charge in [-0.3, -0.25) is 9.78 Å². The second kappa shape index (κ2) is 4.72. The van der Waals surface area contributed by atoms with E-state index in [0.717, 1.165) is 0 Å². The number of rotatable bonds is 2. The molecule has 0 aliphatic carbocycles. The molecule has 0 saturated carbocycles. The molecule has 2 aromatic heterocycles. The van der Waals surface area contributed by atoms with Crippen molar-refractivity contribution in [2.75, 3.05) is 11.2 Å². The number of fused-ring (bicyclic) bond motifs is 1. The summed E-state index contributed by atoms with van der Waals surface area (Å²) in [6.07, 6.45) is 1.34. The molecule has 0 fully saturated rings. The lowest BCUT2D eigenvalue weighted by molar-refractivity contribution is 1.04. The Labute approximate surface area is 117 Å². The molecule has 9 heteroatoms. The predicted octanol–water partition coefficient (Wildman–Crippen LogP) is -0.459. The van der Waals surface area contributed by atoms with Crippen molar-refractivity contribution in [2.24, 2.45) is 5.84 Å². The average Bonchev–Trinajstić information content (AvgIpc) is 2.46. The fourth-order valence-corrected chi connectivity index (χ4v) is 2.05. The number of H-pyrrole nitrogens is 2. The van der Waals surface area contributed by atoms with Gasteiger partial charge in [-0.15, -0.1) is 0 Å². The third-order valence-corrected chi connectivity index (χ3v) is 2.98. The number of benzene rings is 1. The van der Waals surface area contributed by atoms with E-state index in [-0.39, 0.29) is 5.95 Å². The minimum absolute atomic E-state index is 0.0880. The summed E-state index contributed by atoms with van der Waals surface area (Å²) in [6.45, 7) is 0. The topological polar surface area (TPSA) is 156 Å². The zero-order valence-corrected chi connectivity index (χ0v) is 10.7. The Bertz CT molecular complexity index is 944. The Hall–Kier alpha value is -3.20. The van der Waals surface area contributed by atoms with Gasteiger partial charge in [0.25, 0.3) is 5.56 Å². The Balaban J connectivity index is 2.28. The Morgan fingerprint density at radius 1 is 1.19 bits per heavy atom. The molecule has 0 unspecified atom stereocenters. The van der Waals surface area contributed by atoms with E-state index in [0.29, 0.717) is 27.8 Å². The van der Waals surface area contributed by atoms with E-state index in [1.165, 1.54) is 6.20 Å². The first kappa shape index (κ1) is 12.8. The van der Waals surface area contributed by atoms with Gasteiger partial charge in [-0.25, -0.2) is 15.6 Å². The standard InChI is InChI=1S/C12H11N7O2/c13-11-16-8-2-1-5(3-6(8)9(17-11)19-14)7-4-15-12(21)18-10(7)20/h1-4H,14H2,(H3,13,16,17,19)(H2,15,18,20,21). The highest BCUT2D eigenvalue weighted by molar-refractivity contribution is 5.93. The molecule has 0 aliphatic heterocycles. The molecule has 0 atom stereocenters. The van der Waals surface area contributed by atoms with Crippen LogP contribution in [0, 0.1) is 0 Å². The first-order valence-corrected chi connectivity index (χ1v) is 5.95. The van der Waals surface area contributed by atoms with Crippen LogP contribution in [0.3, 0.4) is 0 Å². The molecule has 1 aromatic carbocycles. The Morgan fingerprint density at radius 2 is 2.00 bits per heavy atom. The molecule has 0 saturated heterocycles. The van der Waals surface area contributed by atoms with Crippen molar-refractivity contribution in [2.45, 2.75) is 0 Å². The van der Waals surface area contributed by atoms with Crippen molar-refractivity contribution in [3.05, 3.63) is 45.2 Å². The molecule has 0 radical (unpaired) electrons. The van der Waals surface area contributed by atoms with Gasteiger partial charge in [-0.05, 0) is 17.7 Å². The summed E-state index contributed by atoms with van der Waals surface area (Å²) in [5, 5.41) is 0.606. The van der Waals surface area contributed by atoms with Gasteiger partial charge in [0.1, 0.15) is 0 Å². The van der Waals surface area contributed by atoms with Gasteiger partial charge in [0.15, 0.2) is 5.82 Å². The third-order valence-electron chi connectivity index (χ3n) is 2.98. The van der Waals surface area contributed by atoms with E-state index in [1.807, 2.05) is 0 Å². The van der Waals surface area contributed by atoms with Crippen LogP contribution in [-0.4, -0.2) is 19.9 Å². The number of nitrogen functional groups attached to an aromatic ring is 2. The lowest BCUT2D eigenvalue weighted by atomic mass is 10.1. The van der Waals surface area contributed by atoms with Crippen LogP contribution in [0.1, 0.15) is 0 Å². The van der Waals surface area contributed by atoms with Gasteiger partial charge in [0.05, 0.1) is 11.1 Å². The van der Waals surface area contributed by atoms with Gasteiger partial charge < -0.3 is 16.1 Å². The SMILES string of the molecule is NNc1nc(N)nc2ccc(-c3c[nH]c(=O)[nH]c3=O)cc12. The molecule has 0 aliphatic rings. The first-order valence-electron chi connectivity index (χ1n) is 5.95. The summed E-state index contributed by atoms with van der Waals surface area (Å²) in [7, 11) is 0. The number of aromatic nitrogens is 4. The number of hydrogen-bond acceptors (Lipinski definition) is 7. The van der Waals surface area contributed by atoms with Crippen LogP contribution in [-0.2, 0) is 0 Å².